The van der Waals surface area contributed by atoms with Crippen LogP contribution in [0.2, 0.25) is 0 Å². The van der Waals surface area contributed by atoms with Gasteiger partial charge in [-0.3, -0.25) is 0 Å². The first-order chi connectivity index (χ1) is 8.58. The molecule has 1 unspecified atom stereocenters. The number of aryl methyl sites for hydroxylation is 1. The Bertz CT molecular complexity index is 431. The number of likely N-dealkylation sites (tertiary alicyclic amines) is 1. The SMILES string of the molecule is CN1CCCCC1CCn1cc(C(=O)O)cc1Br. The smallest absolute Gasteiger partial charge is 0.337 e. The Hall–Kier alpha value is -0.810. The number of nitrogens with zero attached hydrogens (tertiary/aromatic N) is 2. The summed E-state index contributed by atoms with van der Waals surface area (Å²) >= 11 is 3.41. The van der Waals surface area contributed by atoms with Crippen LogP contribution in [-0.4, -0.2) is 40.2 Å². The van der Waals surface area contributed by atoms with Crippen LogP contribution in [0.3, 0.4) is 0 Å². The topological polar surface area (TPSA) is 45.5 Å². The molecule has 1 saturated heterocycles. The van der Waals surface area contributed by atoms with Gasteiger partial charge in [0.1, 0.15) is 0 Å². The van der Waals surface area contributed by atoms with Gasteiger partial charge in [0.15, 0.2) is 0 Å². The van der Waals surface area contributed by atoms with E-state index < -0.39 is 5.97 Å². The molecule has 18 heavy (non-hydrogen) atoms. The minimum atomic E-state index is -0.871. The predicted octanol–water partition coefficient (Wildman–Crippen LogP) is 2.82. The lowest BCUT2D eigenvalue weighted by atomic mass is 10.0. The summed E-state index contributed by atoms with van der Waals surface area (Å²) in [5.41, 5.74) is 0.346. The summed E-state index contributed by atoms with van der Waals surface area (Å²) in [5.74, 6) is -0.871. The summed E-state index contributed by atoms with van der Waals surface area (Å²) in [4.78, 5) is 13.3. The second-order valence-corrected chi connectivity index (χ2v) is 5.78. The number of carbonyl (C=O) groups is 1. The highest BCUT2D eigenvalue weighted by molar-refractivity contribution is 9.10. The van der Waals surface area contributed by atoms with Crippen LogP contribution in [0.1, 0.15) is 36.0 Å². The van der Waals surface area contributed by atoms with Gasteiger partial charge in [0.2, 0.25) is 0 Å². The van der Waals surface area contributed by atoms with E-state index in [1.54, 1.807) is 12.3 Å². The molecule has 1 aromatic rings. The van der Waals surface area contributed by atoms with Crippen LogP contribution in [0.4, 0.5) is 0 Å². The molecule has 0 bridgehead atoms. The maximum Gasteiger partial charge on any atom is 0.337 e. The second-order valence-electron chi connectivity index (χ2n) is 4.97. The van der Waals surface area contributed by atoms with Crippen molar-refractivity contribution in [3.8, 4) is 0 Å². The fourth-order valence-electron chi connectivity index (χ4n) is 2.56. The minimum Gasteiger partial charge on any atom is -0.478 e. The third-order valence-corrected chi connectivity index (χ3v) is 4.40. The van der Waals surface area contributed by atoms with Crippen LogP contribution in [0.15, 0.2) is 16.9 Å². The molecule has 0 aliphatic carbocycles. The van der Waals surface area contributed by atoms with Crippen molar-refractivity contribution in [2.24, 2.45) is 0 Å². The first-order valence-electron chi connectivity index (χ1n) is 6.37. The first-order valence-corrected chi connectivity index (χ1v) is 7.16. The Kier molecular flexibility index (Phi) is 4.45. The summed E-state index contributed by atoms with van der Waals surface area (Å²) < 4.78 is 2.82. The molecule has 0 aromatic carbocycles. The number of hydrogen-bond donors (Lipinski definition) is 1. The molecule has 1 aromatic heterocycles. The molecule has 1 atom stereocenters. The molecule has 2 rings (SSSR count). The number of piperidine rings is 1. The standard InChI is InChI=1S/C13H19BrN2O2/c1-15-6-3-2-4-11(15)5-7-16-9-10(13(17)18)8-12(16)14/h8-9,11H,2-7H2,1H3,(H,17,18). The lowest BCUT2D eigenvalue weighted by Gasteiger charge is -2.32. The highest BCUT2D eigenvalue weighted by atomic mass is 79.9. The van der Waals surface area contributed by atoms with E-state index in [2.05, 4.69) is 27.9 Å². The lowest BCUT2D eigenvalue weighted by molar-refractivity contribution is 0.0697. The quantitative estimate of drug-likeness (QED) is 0.929. The van der Waals surface area contributed by atoms with Crippen molar-refractivity contribution in [3.05, 3.63) is 22.4 Å². The highest BCUT2D eigenvalue weighted by Gasteiger charge is 2.19. The molecule has 1 aliphatic rings. The Balaban J connectivity index is 1.95. The average molecular weight is 315 g/mol. The number of halogens is 1. The van der Waals surface area contributed by atoms with Gasteiger partial charge in [-0.1, -0.05) is 6.42 Å². The van der Waals surface area contributed by atoms with Crippen LogP contribution < -0.4 is 0 Å². The fourth-order valence-corrected chi connectivity index (χ4v) is 3.09. The van der Waals surface area contributed by atoms with Gasteiger partial charge in [-0.25, -0.2) is 4.79 Å². The van der Waals surface area contributed by atoms with Crippen molar-refractivity contribution < 1.29 is 9.90 Å². The number of hydrogen-bond acceptors (Lipinski definition) is 2. The van der Waals surface area contributed by atoms with E-state index in [1.807, 2.05) is 4.57 Å². The molecule has 1 N–H and O–H groups in total. The summed E-state index contributed by atoms with van der Waals surface area (Å²) in [6, 6.07) is 2.29. The van der Waals surface area contributed by atoms with E-state index in [-0.39, 0.29) is 0 Å². The minimum absolute atomic E-state index is 0.346. The van der Waals surface area contributed by atoms with Crippen LogP contribution in [0.5, 0.6) is 0 Å². The van der Waals surface area contributed by atoms with Gasteiger partial charge in [-0.05, 0) is 54.9 Å². The predicted molar refractivity (Wildman–Crippen MR) is 74.0 cm³/mol. The van der Waals surface area contributed by atoms with Crippen molar-refractivity contribution >= 4 is 21.9 Å². The number of carboxylic acid groups (broad SMARTS) is 1. The van der Waals surface area contributed by atoms with E-state index in [0.717, 1.165) is 17.6 Å². The van der Waals surface area contributed by atoms with Crippen LogP contribution in [-0.2, 0) is 6.54 Å². The zero-order valence-corrected chi connectivity index (χ0v) is 12.2. The van der Waals surface area contributed by atoms with Crippen LogP contribution >= 0.6 is 15.9 Å². The Morgan fingerprint density at radius 3 is 2.94 bits per heavy atom. The Labute approximate surface area is 116 Å². The molecule has 1 fully saturated rings. The summed E-state index contributed by atoms with van der Waals surface area (Å²) in [6.45, 7) is 2.04. The second kappa shape index (κ2) is 5.89. The van der Waals surface area contributed by atoms with Crippen molar-refractivity contribution in [2.45, 2.75) is 38.3 Å². The zero-order chi connectivity index (χ0) is 13.1. The molecule has 1 aliphatic heterocycles. The van der Waals surface area contributed by atoms with Gasteiger partial charge in [0.05, 0.1) is 10.2 Å². The van der Waals surface area contributed by atoms with E-state index in [4.69, 9.17) is 5.11 Å². The third kappa shape index (κ3) is 3.14. The first kappa shape index (κ1) is 13.6. The zero-order valence-electron chi connectivity index (χ0n) is 10.6. The summed E-state index contributed by atoms with van der Waals surface area (Å²) in [7, 11) is 2.18. The molecule has 0 radical (unpaired) electrons. The Morgan fingerprint density at radius 1 is 1.56 bits per heavy atom. The van der Waals surface area contributed by atoms with Gasteiger partial charge >= 0.3 is 5.97 Å². The van der Waals surface area contributed by atoms with Crippen molar-refractivity contribution in [2.75, 3.05) is 13.6 Å². The van der Waals surface area contributed by atoms with E-state index >= 15 is 0 Å². The maximum absolute atomic E-state index is 10.9. The molecular formula is C13H19BrN2O2. The van der Waals surface area contributed by atoms with E-state index in [9.17, 15) is 4.79 Å². The largest absolute Gasteiger partial charge is 0.478 e. The van der Waals surface area contributed by atoms with Gasteiger partial charge < -0.3 is 14.6 Å². The molecule has 0 amide bonds. The van der Waals surface area contributed by atoms with Crippen molar-refractivity contribution in [3.63, 3.8) is 0 Å². The lowest BCUT2D eigenvalue weighted by Crippen LogP contribution is -2.36. The van der Waals surface area contributed by atoms with Crippen molar-refractivity contribution in [1.29, 1.82) is 0 Å². The third-order valence-electron chi connectivity index (χ3n) is 3.72. The van der Waals surface area contributed by atoms with Gasteiger partial charge in [0, 0.05) is 18.8 Å². The van der Waals surface area contributed by atoms with Gasteiger partial charge in [0.25, 0.3) is 0 Å². The fraction of sp³-hybridized carbons (Fsp3) is 0.615. The summed E-state index contributed by atoms with van der Waals surface area (Å²) in [5, 5.41) is 8.94. The summed E-state index contributed by atoms with van der Waals surface area (Å²) in [6.07, 6.45) is 6.63. The van der Waals surface area contributed by atoms with Gasteiger partial charge in [-0.15, -0.1) is 0 Å². The number of aromatic nitrogens is 1. The highest BCUT2D eigenvalue weighted by Crippen LogP contribution is 2.21. The number of carboxylic acids is 1. The Morgan fingerprint density at radius 2 is 2.33 bits per heavy atom. The number of aromatic carboxylic acids is 1. The molecule has 2 heterocycles. The molecule has 0 spiro atoms. The average Bonchev–Trinajstić information content (AvgIpc) is 2.70. The molecule has 4 nitrogen and oxygen atoms in total. The number of rotatable bonds is 4. The van der Waals surface area contributed by atoms with E-state index in [0.29, 0.717) is 11.6 Å². The monoisotopic (exact) mass is 314 g/mol. The maximum atomic E-state index is 10.9. The van der Waals surface area contributed by atoms with E-state index in [1.165, 1.54) is 25.8 Å². The normalized spacial score (nSPS) is 21.1. The molecule has 100 valence electrons. The van der Waals surface area contributed by atoms with Crippen molar-refractivity contribution in [1.82, 2.24) is 9.47 Å². The molecule has 5 heteroatoms. The molecular weight excluding hydrogens is 296 g/mol. The molecule has 0 saturated carbocycles. The van der Waals surface area contributed by atoms with Crippen LogP contribution in [0, 0.1) is 0 Å². The van der Waals surface area contributed by atoms with Gasteiger partial charge in [-0.2, -0.15) is 0 Å². The van der Waals surface area contributed by atoms with Crippen LogP contribution in [0.25, 0.3) is 0 Å².